The Morgan fingerprint density at radius 3 is 2.78 bits per heavy atom. The van der Waals surface area contributed by atoms with E-state index in [9.17, 15) is 14.7 Å². The summed E-state index contributed by atoms with van der Waals surface area (Å²) < 4.78 is 5.43. The van der Waals surface area contributed by atoms with E-state index in [-0.39, 0.29) is 19.0 Å². The fraction of sp³-hybridized carbons (Fsp3) is 0.200. The molecule has 1 aliphatic rings. The minimum absolute atomic E-state index is 0.104. The molecule has 1 saturated heterocycles. The van der Waals surface area contributed by atoms with Gasteiger partial charge in [0.2, 0.25) is 5.82 Å². The van der Waals surface area contributed by atoms with E-state index < -0.39 is 24.0 Å². The SMILES string of the molecule is N=C(N)c1ccc(NC(=O)[C@H](O)[C@H]2OCCN(c3cccc(-c4nn[nH]n4)c3)C2=O)cc1. The smallest absolute Gasteiger partial charge is 0.259 e. The molecule has 2 aromatic carbocycles. The van der Waals surface area contributed by atoms with Gasteiger partial charge >= 0.3 is 0 Å². The molecule has 1 aromatic heterocycles. The first-order valence-corrected chi connectivity index (χ1v) is 9.64. The molecule has 0 unspecified atom stereocenters. The Labute approximate surface area is 181 Å². The highest BCUT2D eigenvalue weighted by atomic mass is 16.5. The number of tetrazole rings is 1. The number of nitrogens with one attached hydrogen (secondary N) is 3. The standard InChI is InChI=1S/C20H20N8O4/c21-17(22)11-4-6-13(7-5-11)23-19(30)15(29)16-20(31)28(8-9-32-16)14-3-1-2-12(10-14)18-24-26-27-25-18/h1-7,10,15-16,29H,8-9H2,(H3,21,22)(H,23,30)(H,24,25,26,27)/t15-,16-/m1/s1. The number of aromatic amines is 1. The van der Waals surface area contributed by atoms with E-state index in [1.54, 1.807) is 48.5 Å². The summed E-state index contributed by atoms with van der Waals surface area (Å²) in [6, 6.07) is 13.2. The van der Waals surface area contributed by atoms with Gasteiger partial charge in [0.05, 0.1) is 6.61 Å². The van der Waals surface area contributed by atoms with Crippen LogP contribution < -0.4 is 16.0 Å². The first kappa shape index (κ1) is 21.1. The number of hydrogen-bond donors (Lipinski definition) is 5. The first-order chi connectivity index (χ1) is 15.4. The molecule has 3 aromatic rings. The second kappa shape index (κ2) is 8.91. The van der Waals surface area contributed by atoms with Crippen molar-refractivity contribution < 1.29 is 19.4 Å². The number of carbonyl (C=O) groups excluding carboxylic acids is 2. The molecule has 0 radical (unpaired) electrons. The third-order valence-corrected chi connectivity index (χ3v) is 4.90. The Bertz CT molecular complexity index is 1130. The Kier molecular flexibility index (Phi) is 5.87. The van der Waals surface area contributed by atoms with Crippen molar-refractivity contribution >= 4 is 29.0 Å². The number of anilines is 2. The lowest BCUT2D eigenvalue weighted by atomic mass is 10.1. The highest BCUT2D eigenvalue weighted by molar-refractivity contribution is 6.04. The number of nitrogen functional groups attached to an aromatic ring is 1. The minimum Gasteiger partial charge on any atom is -0.384 e. The second-order valence-corrected chi connectivity index (χ2v) is 6.99. The summed E-state index contributed by atoms with van der Waals surface area (Å²) >= 11 is 0. The second-order valence-electron chi connectivity index (χ2n) is 6.99. The number of aromatic nitrogens is 4. The predicted octanol–water partition coefficient (Wildman–Crippen LogP) is -0.118. The number of nitrogens with two attached hydrogens (primary N) is 1. The van der Waals surface area contributed by atoms with Gasteiger partial charge in [-0.1, -0.05) is 12.1 Å². The number of aliphatic hydroxyl groups is 1. The van der Waals surface area contributed by atoms with Gasteiger partial charge in [-0.15, -0.1) is 10.2 Å². The molecule has 2 heterocycles. The monoisotopic (exact) mass is 436 g/mol. The van der Waals surface area contributed by atoms with Crippen LogP contribution in [0.15, 0.2) is 48.5 Å². The molecule has 164 valence electrons. The predicted molar refractivity (Wildman–Crippen MR) is 114 cm³/mol. The summed E-state index contributed by atoms with van der Waals surface area (Å²) in [5.41, 5.74) is 7.49. The average molecular weight is 436 g/mol. The quantitative estimate of drug-likeness (QED) is 0.262. The molecule has 2 atom stereocenters. The number of H-pyrrole nitrogens is 1. The summed E-state index contributed by atoms with van der Waals surface area (Å²) in [5, 5.41) is 34.2. The number of rotatable bonds is 6. The van der Waals surface area contributed by atoms with Gasteiger partial charge in [0.1, 0.15) is 5.84 Å². The summed E-state index contributed by atoms with van der Waals surface area (Å²) in [4.78, 5) is 27.0. The number of ether oxygens (including phenoxy) is 1. The van der Waals surface area contributed by atoms with Crippen LogP contribution in [0.2, 0.25) is 0 Å². The van der Waals surface area contributed by atoms with Gasteiger partial charge in [-0.2, -0.15) is 5.21 Å². The summed E-state index contributed by atoms with van der Waals surface area (Å²) in [7, 11) is 0. The van der Waals surface area contributed by atoms with Gasteiger partial charge in [-0.05, 0) is 41.6 Å². The molecule has 0 bridgehead atoms. The third kappa shape index (κ3) is 4.31. The average Bonchev–Trinajstić information content (AvgIpc) is 3.34. The van der Waals surface area contributed by atoms with Crippen molar-refractivity contribution in [1.82, 2.24) is 20.6 Å². The molecule has 2 amide bonds. The van der Waals surface area contributed by atoms with Crippen LogP contribution in [0, 0.1) is 5.41 Å². The molecule has 6 N–H and O–H groups in total. The number of hydrogen-bond acceptors (Lipinski definition) is 8. The largest absolute Gasteiger partial charge is 0.384 e. The number of nitrogens with zero attached hydrogens (tertiary/aromatic N) is 4. The maximum atomic E-state index is 13.0. The van der Waals surface area contributed by atoms with Crippen LogP contribution in [-0.2, 0) is 14.3 Å². The Morgan fingerprint density at radius 1 is 1.31 bits per heavy atom. The zero-order valence-corrected chi connectivity index (χ0v) is 16.7. The highest BCUT2D eigenvalue weighted by Gasteiger charge is 2.39. The van der Waals surface area contributed by atoms with Gasteiger partial charge in [0.15, 0.2) is 12.2 Å². The summed E-state index contributed by atoms with van der Waals surface area (Å²) in [6.07, 6.45) is -3.09. The van der Waals surface area contributed by atoms with Crippen LogP contribution in [0.25, 0.3) is 11.4 Å². The highest BCUT2D eigenvalue weighted by Crippen LogP contribution is 2.25. The van der Waals surface area contributed by atoms with Gasteiger partial charge in [-0.25, -0.2) is 0 Å². The Balaban J connectivity index is 1.47. The number of morpholine rings is 1. The van der Waals surface area contributed by atoms with Crippen molar-refractivity contribution in [2.75, 3.05) is 23.4 Å². The van der Waals surface area contributed by atoms with Crippen molar-refractivity contribution in [2.45, 2.75) is 12.2 Å². The lowest BCUT2D eigenvalue weighted by Gasteiger charge is -2.34. The molecule has 1 aliphatic heterocycles. The molecule has 0 aliphatic carbocycles. The number of benzene rings is 2. The van der Waals surface area contributed by atoms with E-state index in [1.807, 2.05) is 0 Å². The molecular weight excluding hydrogens is 416 g/mol. The van der Waals surface area contributed by atoms with E-state index in [1.165, 1.54) is 4.90 Å². The van der Waals surface area contributed by atoms with Gasteiger partial charge in [0.25, 0.3) is 11.8 Å². The molecule has 32 heavy (non-hydrogen) atoms. The number of aliphatic hydroxyl groups excluding tert-OH is 1. The van der Waals surface area contributed by atoms with Crippen molar-refractivity contribution in [3.05, 3.63) is 54.1 Å². The third-order valence-electron chi connectivity index (χ3n) is 4.90. The lowest BCUT2D eigenvalue weighted by Crippen LogP contribution is -2.55. The topological polar surface area (TPSA) is 183 Å². The van der Waals surface area contributed by atoms with Crippen LogP contribution in [0.3, 0.4) is 0 Å². The first-order valence-electron chi connectivity index (χ1n) is 9.64. The van der Waals surface area contributed by atoms with Gasteiger partial charge < -0.3 is 25.8 Å². The Morgan fingerprint density at radius 2 is 2.09 bits per heavy atom. The van der Waals surface area contributed by atoms with Crippen molar-refractivity contribution in [2.24, 2.45) is 5.73 Å². The summed E-state index contributed by atoms with van der Waals surface area (Å²) in [6.45, 7) is 0.395. The molecule has 1 fully saturated rings. The van der Waals surface area contributed by atoms with E-state index in [2.05, 4.69) is 25.9 Å². The van der Waals surface area contributed by atoms with Crippen LogP contribution in [-0.4, -0.2) is 68.7 Å². The maximum absolute atomic E-state index is 13.0. The van der Waals surface area contributed by atoms with Crippen LogP contribution in [0.4, 0.5) is 11.4 Å². The number of amides is 2. The minimum atomic E-state index is -1.72. The van der Waals surface area contributed by atoms with Crippen LogP contribution in [0.1, 0.15) is 5.56 Å². The fourth-order valence-electron chi connectivity index (χ4n) is 3.27. The van der Waals surface area contributed by atoms with E-state index >= 15 is 0 Å². The van der Waals surface area contributed by atoms with Crippen LogP contribution in [0.5, 0.6) is 0 Å². The maximum Gasteiger partial charge on any atom is 0.259 e. The summed E-state index contributed by atoms with van der Waals surface area (Å²) in [5.74, 6) is -1.07. The van der Waals surface area contributed by atoms with E-state index in [0.29, 0.717) is 28.3 Å². The van der Waals surface area contributed by atoms with Crippen molar-refractivity contribution in [3.8, 4) is 11.4 Å². The number of amidine groups is 1. The zero-order chi connectivity index (χ0) is 22.7. The van der Waals surface area contributed by atoms with Crippen LogP contribution >= 0.6 is 0 Å². The zero-order valence-electron chi connectivity index (χ0n) is 16.7. The molecule has 12 heteroatoms. The normalized spacial score (nSPS) is 17.1. The van der Waals surface area contributed by atoms with E-state index in [4.69, 9.17) is 15.9 Å². The van der Waals surface area contributed by atoms with Gasteiger partial charge in [-0.3, -0.25) is 15.0 Å². The number of carbonyl (C=O) groups is 2. The molecule has 4 rings (SSSR count). The Hall–Kier alpha value is -4.16. The van der Waals surface area contributed by atoms with Gasteiger partial charge in [0, 0.05) is 29.0 Å². The van der Waals surface area contributed by atoms with E-state index in [0.717, 1.165) is 0 Å². The molecular formula is C20H20N8O4. The van der Waals surface area contributed by atoms with Crippen molar-refractivity contribution in [3.63, 3.8) is 0 Å². The fourth-order valence-corrected chi connectivity index (χ4v) is 3.27. The molecule has 12 nitrogen and oxygen atoms in total. The van der Waals surface area contributed by atoms with Crippen molar-refractivity contribution in [1.29, 1.82) is 5.41 Å². The molecule has 0 saturated carbocycles. The lowest BCUT2D eigenvalue weighted by molar-refractivity contribution is -0.150. The molecule has 0 spiro atoms.